The van der Waals surface area contributed by atoms with Gasteiger partial charge in [-0.05, 0) is 49.9 Å². The van der Waals surface area contributed by atoms with Gasteiger partial charge < -0.3 is 10.2 Å². The maximum Gasteiger partial charge on any atom is 0.269 e. The van der Waals surface area contributed by atoms with Crippen molar-refractivity contribution in [3.63, 3.8) is 0 Å². The number of carbonyl (C=O) groups is 1. The van der Waals surface area contributed by atoms with Gasteiger partial charge in [0.25, 0.3) is 11.6 Å². The van der Waals surface area contributed by atoms with Crippen molar-refractivity contribution in [3.05, 3.63) is 39.4 Å². The van der Waals surface area contributed by atoms with Crippen LogP contribution in [0.25, 0.3) is 0 Å². The van der Waals surface area contributed by atoms with E-state index in [0.717, 1.165) is 32.6 Å². The lowest BCUT2D eigenvalue weighted by Gasteiger charge is -2.34. The summed E-state index contributed by atoms with van der Waals surface area (Å²) < 4.78 is 0. The molecule has 2 fully saturated rings. The van der Waals surface area contributed by atoms with Crippen LogP contribution >= 0.6 is 12.4 Å². The van der Waals surface area contributed by atoms with Crippen LogP contribution in [0.3, 0.4) is 0 Å². The summed E-state index contributed by atoms with van der Waals surface area (Å²) >= 11 is 0. The number of aryl methyl sites for hydroxylation is 1. The van der Waals surface area contributed by atoms with Gasteiger partial charge in [-0.15, -0.1) is 12.4 Å². The number of amides is 1. The van der Waals surface area contributed by atoms with Crippen LogP contribution in [-0.4, -0.2) is 41.9 Å². The van der Waals surface area contributed by atoms with Crippen LogP contribution in [0, 0.1) is 28.9 Å². The van der Waals surface area contributed by atoms with E-state index in [9.17, 15) is 14.9 Å². The van der Waals surface area contributed by atoms with Crippen molar-refractivity contribution in [1.82, 2.24) is 10.2 Å². The summed E-state index contributed by atoms with van der Waals surface area (Å²) in [5.41, 5.74) is 1.27. The number of carbonyl (C=O) groups excluding carboxylic acids is 1. The average molecular weight is 326 g/mol. The molecule has 7 heteroatoms. The van der Waals surface area contributed by atoms with Crippen LogP contribution in [-0.2, 0) is 0 Å². The molecular formula is C15H20ClN3O3. The lowest BCUT2D eigenvalue weighted by molar-refractivity contribution is -0.384. The van der Waals surface area contributed by atoms with Crippen molar-refractivity contribution in [2.45, 2.75) is 13.3 Å². The van der Waals surface area contributed by atoms with E-state index in [0.29, 0.717) is 23.0 Å². The summed E-state index contributed by atoms with van der Waals surface area (Å²) in [6.45, 7) is 5.35. The van der Waals surface area contributed by atoms with E-state index < -0.39 is 4.92 Å². The number of benzene rings is 1. The predicted molar refractivity (Wildman–Crippen MR) is 85.5 cm³/mol. The van der Waals surface area contributed by atoms with Gasteiger partial charge in [0.05, 0.1) is 4.92 Å². The number of halogens is 1. The number of fused-ring (bicyclic) bond motifs is 1. The minimum atomic E-state index is -0.434. The molecule has 120 valence electrons. The summed E-state index contributed by atoms with van der Waals surface area (Å²) in [5, 5.41) is 14.1. The highest BCUT2D eigenvalue weighted by Gasteiger charge is 2.35. The third-order valence-corrected chi connectivity index (χ3v) is 4.64. The van der Waals surface area contributed by atoms with E-state index in [2.05, 4.69) is 5.32 Å². The number of piperidine rings is 1. The number of nitrogens with zero attached hydrogens (tertiary/aromatic N) is 2. The molecule has 6 nitrogen and oxygen atoms in total. The van der Waals surface area contributed by atoms with Crippen LogP contribution in [0.4, 0.5) is 5.69 Å². The summed E-state index contributed by atoms with van der Waals surface area (Å²) in [7, 11) is 0. The molecule has 2 aliphatic heterocycles. The van der Waals surface area contributed by atoms with E-state index in [1.54, 1.807) is 13.0 Å². The molecule has 0 spiro atoms. The Labute approximate surface area is 135 Å². The third-order valence-electron chi connectivity index (χ3n) is 4.64. The molecule has 1 amide bonds. The number of non-ortho nitro benzene ring substituents is 1. The minimum absolute atomic E-state index is 0. The standard InChI is InChI=1S/C15H19N3O3.ClH/c1-10-6-13(18(20)21)2-3-14(10)15(19)17-5-4-11-7-16-8-12(11)9-17;/h2-3,6,11-12,16H,4-5,7-9H2,1H3;1H. The lowest BCUT2D eigenvalue weighted by Crippen LogP contribution is -2.43. The molecular weight excluding hydrogens is 306 g/mol. The third kappa shape index (κ3) is 3.08. The maximum absolute atomic E-state index is 12.6. The number of hydrogen-bond acceptors (Lipinski definition) is 4. The van der Waals surface area contributed by atoms with Crippen molar-refractivity contribution < 1.29 is 9.72 Å². The van der Waals surface area contributed by atoms with E-state index in [-0.39, 0.29) is 24.0 Å². The normalized spacial score (nSPS) is 23.6. The molecule has 2 aliphatic rings. The number of nitro groups is 1. The highest BCUT2D eigenvalue weighted by Crippen LogP contribution is 2.28. The van der Waals surface area contributed by atoms with E-state index in [4.69, 9.17) is 0 Å². The fraction of sp³-hybridized carbons (Fsp3) is 0.533. The second-order valence-corrected chi connectivity index (χ2v) is 5.97. The molecule has 2 atom stereocenters. The Morgan fingerprint density at radius 1 is 1.36 bits per heavy atom. The second-order valence-electron chi connectivity index (χ2n) is 5.97. The fourth-order valence-corrected chi connectivity index (χ4v) is 3.39. The molecule has 1 aromatic carbocycles. The molecule has 1 N–H and O–H groups in total. The predicted octanol–water partition coefficient (Wildman–Crippen LogP) is 2.01. The largest absolute Gasteiger partial charge is 0.338 e. The molecule has 0 bridgehead atoms. The van der Waals surface area contributed by atoms with Crippen molar-refractivity contribution in [3.8, 4) is 0 Å². The highest BCUT2D eigenvalue weighted by atomic mass is 35.5. The Balaban J connectivity index is 0.00000176. The maximum atomic E-state index is 12.6. The second kappa shape index (κ2) is 6.62. The molecule has 0 radical (unpaired) electrons. The molecule has 2 unspecified atom stereocenters. The summed E-state index contributed by atoms with van der Waals surface area (Å²) in [6, 6.07) is 4.45. The van der Waals surface area contributed by atoms with Crippen LogP contribution < -0.4 is 5.32 Å². The smallest absolute Gasteiger partial charge is 0.269 e. The van der Waals surface area contributed by atoms with E-state index in [1.807, 2.05) is 4.90 Å². The fourth-order valence-electron chi connectivity index (χ4n) is 3.39. The summed E-state index contributed by atoms with van der Waals surface area (Å²) in [6.07, 6.45) is 1.04. The van der Waals surface area contributed by atoms with Crippen LogP contribution in [0.5, 0.6) is 0 Å². The molecule has 3 rings (SSSR count). The molecule has 1 aromatic rings. The first-order chi connectivity index (χ1) is 10.1. The Morgan fingerprint density at radius 3 is 2.77 bits per heavy atom. The Kier molecular flexibility index (Phi) is 5.03. The van der Waals surface area contributed by atoms with Crippen molar-refractivity contribution in [2.75, 3.05) is 26.2 Å². The lowest BCUT2D eigenvalue weighted by atomic mass is 9.88. The zero-order chi connectivity index (χ0) is 15.0. The molecule has 0 aliphatic carbocycles. The van der Waals surface area contributed by atoms with E-state index in [1.165, 1.54) is 12.1 Å². The van der Waals surface area contributed by atoms with Gasteiger partial charge in [-0.1, -0.05) is 0 Å². The zero-order valence-corrected chi connectivity index (χ0v) is 13.3. The van der Waals surface area contributed by atoms with Gasteiger partial charge in [0.2, 0.25) is 0 Å². The number of nitro benzene ring substituents is 1. The Hall–Kier alpha value is -1.66. The van der Waals surface area contributed by atoms with Crippen LogP contribution in [0.1, 0.15) is 22.3 Å². The van der Waals surface area contributed by atoms with Gasteiger partial charge >= 0.3 is 0 Å². The number of nitrogens with one attached hydrogen (secondary N) is 1. The quantitative estimate of drug-likeness (QED) is 0.666. The number of hydrogen-bond donors (Lipinski definition) is 1. The van der Waals surface area contributed by atoms with Crippen molar-refractivity contribution in [2.24, 2.45) is 11.8 Å². The highest BCUT2D eigenvalue weighted by molar-refractivity contribution is 5.96. The van der Waals surface area contributed by atoms with Crippen LogP contribution in [0.15, 0.2) is 18.2 Å². The van der Waals surface area contributed by atoms with Crippen molar-refractivity contribution >= 4 is 24.0 Å². The van der Waals surface area contributed by atoms with Gasteiger partial charge in [-0.3, -0.25) is 14.9 Å². The molecule has 0 saturated carbocycles. The first-order valence-corrected chi connectivity index (χ1v) is 7.31. The van der Waals surface area contributed by atoms with Gasteiger partial charge in [0.15, 0.2) is 0 Å². The minimum Gasteiger partial charge on any atom is -0.338 e. The average Bonchev–Trinajstić information content (AvgIpc) is 2.93. The van der Waals surface area contributed by atoms with Crippen LogP contribution in [0.2, 0.25) is 0 Å². The summed E-state index contributed by atoms with van der Waals surface area (Å²) in [4.78, 5) is 24.8. The monoisotopic (exact) mass is 325 g/mol. The Morgan fingerprint density at radius 2 is 2.09 bits per heavy atom. The van der Waals surface area contributed by atoms with Crippen molar-refractivity contribution in [1.29, 1.82) is 0 Å². The molecule has 22 heavy (non-hydrogen) atoms. The van der Waals surface area contributed by atoms with Gasteiger partial charge in [0, 0.05) is 30.8 Å². The molecule has 2 heterocycles. The zero-order valence-electron chi connectivity index (χ0n) is 12.4. The van der Waals surface area contributed by atoms with E-state index >= 15 is 0 Å². The SMILES string of the molecule is Cc1cc([N+](=O)[O-])ccc1C(=O)N1CCC2CNCC2C1.Cl. The van der Waals surface area contributed by atoms with Gasteiger partial charge in [-0.25, -0.2) is 0 Å². The van der Waals surface area contributed by atoms with Gasteiger partial charge in [-0.2, -0.15) is 0 Å². The number of rotatable bonds is 2. The Bertz CT molecular complexity index is 593. The topological polar surface area (TPSA) is 75.5 Å². The number of likely N-dealkylation sites (tertiary alicyclic amines) is 1. The summed E-state index contributed by atoms with van der Waals surface area (Å²) in [5.74, 6) is 1.22. The first kappa shape index (κ1) is 16.7. The molecule has 0 aromatic heterocycles. The molecule has 2 saturated heterocycles. The first-order valence-electron chi connectivity index (χ1n) is 7.31. The van der Waals surface area contributed by atoms with Gasteiger partial charge in [0.1, 0.15) is 0 Å².